The summed E-state index contributed by atoms with van der Waals surface area (Å²) in [7, 11) is 0. The Balaban J connectivity index is 3.08. The standard InChI is InChI=1S/C10H5ClFNO/c11-10(14)8(6-13)4-7-2-1-3-9(12)5-7/h1-5H. The summed E-state index contributed by atoms with van der Waals surface area (Å²) in [6.07, 6.45) is 1.23. The zero-order chi connectivity index (χ0) is 10.6. The number of hydrogen-bond acceptors (Lipinski definition) is 2. The molecule has 2 nitrogen and oxygen atoms in total. The second kappa shape index (κ2) is 4.54. The van der Waals surface area contributed by atoms with Gasteiger partial charge in [0.25, 0.3) is 5.24 Å². The maximum Gasteiger partial charge on any atom is 0.262 e. The topological polar surface area (TPSA) is 40.9 Å². The van der Waals surface area contributed by atoms with Crippen molar-refractivity contribution in [2.24, 2.45) is 0 Å². The van der Waals surface area contributed by atoms with Crippen LogP contribution in [0.25, 0.3) is 6.08 Å². The van der Waals surface area contributed by atoms with Crippen LogP contribution in [-0.2, 0) is 4.79 Å². The minimum absolute atomic E-state index is 0.211. The Hall–Kier alpha value is -1.66. The van der Waals surface area contributed by atoms with Crippen molar-refractivity contribution in [3.05, 3.63) is 41.2 Å². The molecule has 0 bridgehead atoms. The van der Waals surface area contributed by atoms with Gasteiger partial charge in [-0.2, -0.15) is 5.26 Å². The highest BCUT2D eigenvalue weighted by Crippen LogP contribution is 2.10. The van der Waals surface area contributed by atoms with Gasteiger partial charge in [-0.25, -0.2) is 4.39 Å². The van der Waals surface area contributed by atoms with E-state index in [4.69, 9.17) is 16.9 Å². The van der Waals surface area contributed by atoms with Crippen LogP contribution in [0.2, 0.25) is 0 Å². The predicted molar refractivity (Wildman–Crippen MR) is 50.9 cm³/mol. The number of nitrogens with zero attached hydrogens (tertiary/aromatic N) is 1. The van der Waals surface area contributed by atoms with Crippen LogP contribution in [0.1, 0.15) is 5.56 Å². The van der Waals surface area contributed by atoms with Gasteiger partial charge in [0, 0.05) is 0 Å². The molecule has 14 heavy (non-hydrogen) atoms. The van der Waals surface area contributed by atoms with Crippen molar-refractivity contribution in [1.29, 1.82) is 5.26 Å². The molecule has 0 aliphatic rings. The van der Waals surface area contributed by atoms with Crippen molar-refractivity contribution in [2.45, 2.75) is 0 Å². The van der Waals surface area contributed by atoms with Gasteiger partial charge in [0.2, 0.25) is 0 Å². The average molecular weight is 210 g/mol. The van der Waals surface area contributed by atoms with Crippen LogP contribution in [0.5, 0.6) is 0 Å². The molecule has 0 heterocycles. The summed E-state index contributed by atoms with van der Waals surface area (Å²) in [5, 5.41) is 7.66. The molecule has 0 amide bonds. The van der Waals surface area contributed by atoms with Gasteiger partial charge in [0.05, 0.1) is 0 Å². The largest absolute Gasteiger partial charge is 0.275 e. The molecule has 0 aliphatic carbocycles. The number of benzene rings is 1. The lowest BCUT2D eigenvalue weighted by Gasteiger charge is -1.93. The monoisotopic (exact) mass is 209 g/mol. The van der Waals surface area contributed by atoms with Crippen molar-refractivity contribution < 1.29 is 9.18 Å². The molecule has 0 saturated carbocycles. The summed E-state index contributed by atoms with van der Waals surface area (Å²) < 4.78 is 12.7. The van der Waals surface area contributed by atoms with Gasteiger partial charge in [-0.15, -0.1) is 0 Å². The molecule has 1 aromatic rings. The maximum absolute atomic E-state index is 12.7. The van der Waals surface area contributed by atoms with Gasteiger partial charge in [-0.05, 0) is 35.4 Å². The molecule has 0 radical (unpaired) electrons. The van der Waals surface area contributed by atoms with E-state index in [1.54, 1.807) is 12.1 Å². The molecule has 70 valence electrons. The molecule has 4 heteroatoms. The van der Waals surface area contributed by atoms with Crippen LogP contribution in [0, 0.1) is 17.1 Å². The van der Waals surface area contributed by atoms with Crippen molar-refractivity contribution in [3.63, 3.8) is 0 Å². The molecule has 0 spiro atoms. The van der Waals surface area contributed by atoms with Crippen LogP contribution >= 0.6 is 11.6 Å². The Bertz CT molecular complexity index is 434. The van der Waals surface area contributed by atoms with Crippen LogP contribution in [-0.4, -0.2) is 5.24 Å². The van der Waals surface area contributed by atoms with E-state index in [1.165, 1.54) is 24.3 Å². The minimum atomic E-state index is -0.850. The number of nitriles is 1. The second-order valence-electron chi connectivity index (χ2n) is 2.50. The number of rotatable bonds is 2. The van der Waals surface area contributed by atoms with Gasteiger partial charge in [0.15, 0.2) is 0 Å². The first-order valence-electron chi connectivity index (χ1n) is 3.70. The van der Waals surface area contributed by atoms with Crippen LogP contribution in [0.4, 0.5) is 4.39 Å². The van der Waals surface area contributed by atoms with Gasteiger partial charge in [0.1, 0.15) is 17.5 Å². The summed E-state index contributed by atoms with van der Waals surface area (Å²) >= 11 is 5.11. The maximum atomic E-state index is 12.7. The van der Waals surface area contributed by atoms with E-state index in [1.807, 2.05) is 0 Å². The summed E-state index contributed by atoms with van der Waals surface area (Å²) in [5.41, 5.74) is 0.216. The number of carbonyl (C=O) groups is 1. The normalized spacial score (nSPS) is 10.8. The first-order chi connectivity index (χ1) is 6.63. The lowest BCUT2D eigenvalue weighted by molar-refractivity contribution is -0.108. The third kappa shape index (κ3) is 2.68. The summed E-state index contributed by atoms with van der Waals surface area (Å²) in [6.45, 7) is 0. The van der Waals surface area contributed by atoms with E-state index in [2.05, 4.69) is 0 Å². The molecular formula is C10H5ClFNO. The Morgan fingerprint density at radius 1 is 1.57 bits per heavy atom. The Kier molecular flexibility index (Phi) is 3.38. The Morgan fingerprint density at radius 3 is 2.79 bits per heavy atom. The minimum Gasteiger partial charge on any atom is -0.275 e. The van der Waals surface area contributed by atoms with E-state index in [9.17, 15) is 9.18 Å². The summed E-state index contributed by atoms with van der Waals surface area (Å²) in [5.74, 6) is -0.432. The average Bonchev–Trinajstić information content (AvgIpc) is 2.14. The molecule has 1 aromatic carbocycles. The van der Waals surface area contributed by atoms with Crippen molar-refractivity contribution >= 4 is 22.9 Å². The molecule has 0 unspecified atom stereocenters. The highest BCUT2D eigenvalue weighted by atomic mass is 35.5. The smallest absolute Gasteiger partial charge is 0.262 e. The van der Waals surface area contributed by atoms with Gasteiger partial charge < -0.3 is 0 Å². The number of carbonyl (C=O) groups excluding carboxylic acids is 1. The van der Waals surface area contributed by atoms with Gasteiger partial charge in [-0.3, -0.25) is 4.79 Å². The third-order valence-corrected chi connectivity index (χ3v) is 1.70. The summed E-state index contributed by atoms with van der Waals surface area (Å²) in [6, 6.07) is 7.15. The fraction of sp³-hybridized carbons (Fsp3) is 0. The molecular weight excluding hydrogens is 205 g/mol. The lowest BCUT2D eigenvalue weighted by Crippen LogP contribution is -1.89. The third-order valence-electron chi connectivity index (χ3n) is 1.49. The highest BCUT2D eigenvalue weighted by molar-refractivity contribution is 6.68. The lowest BCUT2D eigenvalue weighted by atomic mass is 10.1. The number of halogens is 2. The van der Waals surface area contributed by atoms with Crippen LogP contribution in [0.3, 0.4) is 0 Å². The Labute approximate surface area is 85.2 Å². The van der Waals surface area contributed by atoms with E-state index in [0.717, 1.165) is 0 Å². The van der Waals surface area contributed by atoms with E-state index < -0.39 is 11.1 Å². The van der Waals surface area contributed by atoms with Gasteiger partial charge >= 0.3 is 0 Å². The highest BCUT2D eigenvalue weighted by Gasteiger charge is 2.04. The van der Waals surface area contributed by atoms with Crippen LogP contribution in [0.15, 0.2) is 29.8 Å². The molecule has 0 aliphatic heterocycles. The molecule has 0 N–H and O–H groups in total. The quantitative estimate of drug-likeness (QED) is 0.427. The summed E-state index contributed by atoms with van der Waals surface area (Å²) in [4.78, 5) is 10.6. The van der Waals surface area contributed by atoms with Gasteiger partial charge in [-0.1, -0.05) is 12.1 Å². The fourth-order valence-electron chi connectivity index (χ4n) is 0.896. The second-order valence-corrected chi connectivity index (χ2v) is 2.84. The zero-order valence-electron chi connectivity index (χ0n) is 7.00. The fourth-order valence-corrected chi connectivity index (χ4v) is 0.993. The van der Waals surface area contributed by atoms with Crippen LogP contribution < -0.4 is 0 Å². The SMILES string of the molecule is N#CC(=Cc1cccc(F)c1)C(=O)Cl. The van der Waals surface area contributed by atoms with Crippen molar-refractivity contribution in [3.8, 4) is 6.07 Å². The number of allylic oxidation sites excluding steroid dienone is 1. The first kappa shape index (κ1) is 10.4. The molecule has 0 saturated heterocycles. The van der Waals surface area contributed by atoms with E-state index >= 15 is 0 Å². The van der Waals surface area contributed by atoms with E-state index in [-0.39, 0.29) is 5.57 Å². The Morgan fingerprint density at radius 2 is 2.29 bits per heavy atom. The number of hydrogen-bond donors (Lipinski definition) is 0. The van der Waals surface area contributed by atoms with Crippen molar-refractivity contribution in [1.82, 2.24) is 0 Å². The predicted octanol–water partition coefficient (Wildman–Crippen LogP) is 2.50. The molecule has 0 atom stereocenters. The first-order valence-corrected chi connectivity index (χ1v) is 4.08. The molecule has 0 aromatic heterocycles. The molecule has 0 fully saturated rings. The van der Waals surface area contributed by atoms with E-state index in [0.29, 0.717) is 5.56 Å². The zero-order valence-corrected chi connectivity index (χ0v) is 7.75. The van der Waals surface area contributed by atoms with Crippen molar-refractivity contribution in [2.75, 3.05) is 0 Å². The molecule has 1 rings (SSSR count).